The van der Waals surface area contributed by atoms with E-state index >= 15 is 4.39 Å². The van der Waals surface area contributed by atoms with E-state index in [1.807, 2.05) is 0 Å². The van der Waals surface area contributed by atoms with Gasteiger partial charge in [-0.1, -0.05) is 30.3 Å². The van der Waals surface area contributed by atoms with E-state index in [2.05, 4.69) is 11.3 Å². The molecule has 0 heterocycles. The van der Waals surface area contributed by atoms with Gasteiger partial charge in [-0.2, -0.15) is 13.2 Å². The molecule has 37 heavy (non-hydrogen) atoms. The quantitative estimate of drug-likeness (QED) is 0.174. The Hall–Kier alpha value is -3.88. The van der Waals surface area contributed by atoms with Gasteiger partial charge in [-0.25, -0.2) is 22.0 Å². The van der Waals surface area contributed by atoms with Crippen LogP contribution >= 0.6 is 0 Å². The number of rotatable bonds is 7. The molecule has 0 aliphatic heterocycles. The molecule has 0 bridgehead atoms. The van der Waals surface area contributed by atoms with Crippen molar-refractivity contribution in [2.45, 2.75) is 19.0 Å². The number of allylic oxidation sites excluding steroid dienone is 1. The molecular weight excluding hydrogens is 504 g/mol. The molecule has 0 unspecified atom stereocenters. The molecule has 0 saturated heterocycles. The van der Waals surface area contributed by atoms with Crippen molar-refractivity contribution in [2.24, 2.45) is 0 Å². The predicted octanol–water partition coefficient (Wildman–Crippen LogP) is 8.93. The lowest BCUT2D eigenvalue weighted by Crippen LogP contribution is -2.20. The van der Waals surface area contributed by atoms with Gasteiger partial charge in [-0.15, -0.1) is 6.58 Å². The third-order valence-electron chi connectivity index (χ3n) is 5.67. The molecule has 0 saturated carbocycles. The number of ether oxygens (including phenoxy) is 1. The summed E-state index contributed by atoms with van der Waals surface area (Å²) in [6.07, 6.45) is -2.25. The number of aryl methyl sites for hydroxylation is 1. The third kappa shape index (κ3) is 5.60. The summed E-state index contributed by atoms with van der Waals surface area (Å²) >= 11 is 0. The summed E-state index contributed by atoms with van der Waals surface area (Å²) in [4.78, 5) is 0. The fraction of sp³-hybridized carbons (Fsp3) is 0.143. The molecule has 0 aromatic heterocycles. The number of benzene rings is 4. The van der Waals surface area contributed by atoms with Crippen LogP contribution in [0.25, 0.3) is 33.0 Å². The van der Waals surface area contributed by atoms with Crippen LogP contribution in [0.3, 0.4) is 0 Å². The molecule has 1 nitrogen and oxygen atoms in total. The molecule has 4 aromatic rings. The Bertz CT molecular complexity index is 1470. The monoisotopic (exact) mass is 522 g/mol. The average Bonchev–Trinajstić information content (AvgIpc) is 2.81. The third-order valence-corrected chi connectivity index (χ3v) is 5.67. The van der Waals surface area contributed by atoms with E-state index in [0.29, 0.717) is 18.4 Å². The Morgan fingerprint density at radius 1 is 0.757 bits per heavy atom. The lowest BCUT2D eigenvalue weighted by Gasteiger charge is -2.13. The summed E-state index contributed by atoms with van der Waals surface area (Å²) in [7, 11) is 0. The Morgan fingerprint density at radius 2 is 1.43 bits per heavy atom. The highest BCUT2D eigenvalue weighted by Gasteiger charge is 2.30. The zero-order valence-corrected chi connectivity index (χ0v) is 19.0. The molecule has 0 aliphatic rings. The maximum Gasteiger partial charge on any atom is 0.422 e. The van der Waals surface area contributed by atoms with Crippen LogP contribution in [0.2, 0.25) is 0 Å². The van der Waals surface area contributed by atoms with Crippen molar-refractivity contribution < 1.29 is 39.9 Å². The zero-order valence-electron chi connectivity index (χ0n) is 19.0. The van der Waals surface area contributed by atoms with Crippen molar-refractivity contribution in [3.05, 3.63) is 102 Å². The zero-order chi connectivity index (χ0) is 26.9. The van der Waals surface area contributed by atoms with E-state index in [0.717, 1.165) is 18.2 Å². The van der Waals surface area contributed by atoms with Gasteiger partial charge in [0.25, 0.3) is 0 Å². The first-order valence-corrected chi connectivity index (χ1v) is 11.0. The minimum Gasteiger partial charge on any atom is -0.478 e. The fourth-order valence-corrected chi connectivity index (χ4v) is 3.98. The molecule has 0 atom stereocenters. The van der Waals surface area contributed by atoms with E-state index in [9.17, 15) is 30.7 Å². The molecule has 0 fully saturated rings. The smallest absolute Gasteiger partial charge is 0.422 e. The molecule has 4 rings (SSSR count). The SMILES string of the molecule is C=CCCc1cc(F)c(-c2ccc(-c3ccc4c(F)c(OCC(F)(F)F)c(F)cc4c3)c(F)c2)c(F)c1. The summed E-state index contributed by atoms with van der Waals surface area (Å²) < 4.78 is 115. The normalized spacial score (nSPS) is 11.7. The van der Waals surface area contributed by atoms with E-state index in [-0.39, 0.29) is 27.5 Å². The van der Waals surface area contributed by atoms with E-state index in [4.69, 9.17) is 0 Å². The van der Waals surface area contributed by atoms with Gasteiger partial charge in [0.2, 0.25) is 0 Å². The molecule has 0 radical (unpaired) electrons. The fourth-order valence-electron chi connectivity index (χ4n) is 3.98. The van der Waals surface area contributed by atoms with Crippen molar-refractivity contribution in [1.82, 2.24) is 0 Å². The van der Waals surface area contributed by atoms with Crippen LogP contribution in [-0.4, -0.2) is 12.8 Å². The topological polar surface area (TPSA) is 9.23 Å². The Kier molecular flexibility index (Phi) is 7.25. The standard InChI is InChI=1S/C28H18F8O/c1-2-3-4-15-9-22(30)25(23(31)10-15)17-6-7-19(21(29)12-17)16-5-8-20-18(11-16)13-24(32)27(26(20)33)37-14-28(34,35)36/h2,5-13H,1,3-4,14H2. The lowest BCUT2D eigenvalue weighted by molar-refractivity contribution is -0.154. The van der Waals surface area contributed by atoms with Crippen molar-refractivity contribution in [3.63, 3.8) is 0 Å². The second-order valence-corrected chi connectivity index (χ2v) is 8.30. The van der Waals surface area contributed by atoms with Crippen molar-refractivity contribution in [1.29, 1.82) is 0 Å². The van der Waals surface area contributed by atoms with Gasteiger partial charge in [-0.3, -0.25) is 0 Å². The Labute approximate surface area is 206 Å². The van der Waals surface area contributed by atoms with E-state index in [1.165, 1.54) is 36.4 Å². The molecule has 0 aliphatic carbocycles. The molecule has 192 valence electrons. The number of hydrogen-bond acceptors (Lipinski definition) is 1. The minimum atomic E-state index is -4.79. The van der Waals surface area contributed by atoms with E-state index in [1.54, 1.807) is 6.08 Å². The largest absolute Gasteiger partial charge is 0.478 e. The van der Waals surface area contributed by atoms with Crippen molar-refractivity contribution in [2.75, 3.05) is 6.61 Å². The first-order valence-electron chi connectivity index (χ1n) is 11.0. The summed E-state index contributed by atoms with van der Waals surface area (Å²) in [5.74, 6) is -6.42. The Balaban J connectivity index is 1.69. The lowest BCUT2D eigenvalue weighted by atomic mass is 9.96. The highest BCUT2D eigenvalue weighted by Crippen LogP contribution is 2.36. The second kappa shape index (κ2) is 10.2. The first kappa shape index (κ1) is 26.2. The average molecular weight is 522 g/mol. The van der Waals surface area contributed by atoms with Crippen LogP contribution in [0, 0.1) is 29.1 Å². The number of hydrogen-bond donors (Lipinski definition) is 0. The van der Waals surface area contributed by atoms with Crippen molar-refractivity contribution >= 4 is 10.8 Å². The van der Waals surface area contributed by atoms with Crippen LogP contribution in [0.1, 0.15) is 12.0 Å². The summed E-state index contributed by atoms with van der Waals surface area (Å²) in [6.45, 7) is 1.69. The van der Waals surface area contributed by atoms with Crippen LogP contribution in [0.15, 0.2) is 67.3 Å². The van der Waals surface area contributed by atoms with Gasteiger partial charge in [0, 0.05) is 10.9 Å². The summed E-state index contributed by atoms with van der Waals surface area (Å²) in [5, 5.41) is -0.289. The van der Waals surface area contributed by atoms with Gasteiger partial charge in [0.05, 0.1) is 5.56 Å². The van der Waals surface area contributed by atoms with E-state index < -0.39 is 53.2 Å². The molecular formula is C28H18F8O. The van der Waals surface area contributed by atoms with Gasteiger partial charge in [0.15, 0.2) is 24.0 Å². The van der Waals surface area contributed by atoms with Crippen LogP contribution in [0.5, 0.6) is 5.75 Å². The number of fused-ring (bicyclic) bond motifs is 1. The minimum absolute atomic E-state index is 0.0210. The van der Waals surface area contributed by atoms with Crippen LogP contribution < -0.4 is 4.74 Å². The predicted molar refractivity (Wildman–Crippen MR) is 125 cm³/mol. The highest BCUT2D eigenvalue weighted by atomic mass is 19.4. The van der Waals surface area contributed by atoms with Crippen LogP contribution in [0.4, 0.5) is 35.1 Å². The second-order valence-electron chi connectivity index (χ2n) is 8.30. The summed E-state index contributed by atoms with van der Waals surface area (Å²) in [6, 6.07) is 10.3. The van der Waals surface area contributed by atoms with Gasteiger partial charge >= 0.3 is 6.18 Å². The molecule has 0 N–H and O–H groups in total. The number of alkyl halides is 3. The summed E-state index contributed by atoms with van der Waals surface area (Å²) in [5.41, 5.74) is 0.142. The van der Waals surface area contributed by atoms with Gasteiger partial charge in [0.1, 0.15) is 17.5 Å². The van der Waals surface area contributed by atoms with Gasteiger partial charge < -0.3 is 4.74 Å². The Morgan fingerprint density at radius 3 is 2.05 bits per heavy atom. The highest BCUT2D eigenvalue weighted by molar-refractivity contribution is 5.89. The molecule has 0 amide bonds. The maximum atomic E-state index is 15.0. The van der Waals surface area contributed by atoms with Crippen LogP contribution in [-0.2, 0) is 6.42 Å². The first-order chi connectivity index (χ1) is 17.5. The maximum absolute atomic E-state index is 15.0. The molecule has 9 heteroatoms. The van der Waals surface area contributed by atoms with Gasteiger partial charge in [-0.05, 0) is 65.3 Å². The molecule has 0 spiro atoms. The molecule has 4 aromatic carbocycles. The van der Waals surface area contributed by atoms with Crippen molar-refractivity contribution in [3.8, 4) is 28.0 Å². The number of halogens is 8.